The smallest absolute Gasteiger partial charge is 0.264 e. The molecule has 0 heterocycles. The SMILES string of the molecule is C=C(C)C(=O)NNC(=O)C(C)N. The Hall–Kier alpha value is -1.36. The molecule has 0 aliphatic heterocycles. The number of hydrogen-bond acceptors (Lipinski definition) is 3. The summed E-state index contributed by atoms with van der Waals surface area (Å²) in [6.45, 7) is 6.43. The summed E-state index contributed by atoms with van der Waals surface area (Å²) in [6.07, 6.45) is 0. The third kappa shape index (κ3) is 3.72. The minimum Gasteiger partial charge on any atom is -0.320 e. The van der Waals surface area contributed by atoms with E-state index in [1.54, 1.807) is 0 Å². The van der Waals surface area contributed by atoms with E-state index in [1.807, 2.05) is 0 Å². The van der Waals surface area contributed by atoms with Crippen molar-refractivity contribution < 1.29 is 9.59 Å². The van der Waals surface area contributed by atoms with Gasteiger partial charge in [0.15, 0.2) is 0 Å². The molecule has 0 saturated heterocycles. The van der Waals surface area contributed by atoms with Crippen LogP contribution >= 0.6 is 0 Å². The molecule has 0 radical (unpaired) electrons. The van der Waals surface area contributed by atoms with Crippen LogP contribution in [0.4, 0.5) is 0 Å². The lowest BCUT2D eigenvalue weighted by Crippen LogP contribution is -2.48. The van der Waals surface area contributed by atoms with E-state index >= 15 is 0 Å². The maximum Gasteiger partial charge on any atom is 0.264 e. The summed E-state index contributed by atoms with van der Waals surface area (Å²) in [5.74, 6) is -0.867. The Morgan fingerprint density at radius 1 is 1.42 bits per heavy atom. The van der Waals surface area contributed by atoms with Crippen LogP contribution in [0.25, 0.3) is 0 Å². The standard InChI is InChI=1S/C7H13N3O2/c1-4(2)6(11)9-10-7(12)5(3)8/h5H,1,8H2,2-3H3,(H,9,11)(H,10,12). The number of carbonyl (C=O) groups excluding carboxylic acids is 2. The Labute approximate surface area is 71.0 Å². The highest BCUT2D eigenvalue weighted by atomic mass is 16.2. The number of nitrogens with two attached hydrogens (primary N) is 1. The molecular weight excluding hydrogens is 158 g/mol. The van der Waals surface area contributed by atoms with Gasteiger partial charge in [0.1, 0.15) is 0 Å². The number of amides is 2. The van der Waals surface area contributed by atoms with Crippen LogP contribution in [-0.4, -0.2) is 17.9 Å². The van der Waals surface area contributed by atoms with E-state index in [-0.39, 0.29) is 0 Å². The van der Waals surface area contributed by atoms with Gasteiger partial charge >= 0.3 is 0 Å². The lowest BCUT2D eigenvalue weighted by atomic mass is 10.3. The van der Waals surface area contributed by atoms with Crippen molar-refractivity contribution in [1.29, 1.82) is 0 Å². The lowest BCUT2D eigenvalue weighted by Gasteiger charge is -2.08. The van der Waals surface area contributed by atoms with E-state index in [0.29, 0.717) is 5.57 Å². The largest absolute Gasteiger partial charge is 0.320 e. The molecule has 12 heavy (non-hydrogen) atoms. The first-order chi connectivity index (χ1) is 5.45. The third-order valence-electron chi connectivity index (χ3n) is 1.10. The second-order valence-corrected chi connectivity index (χ2v) is 2.51. The topological polar surface area (TPSA) is 84.2 Å². The number of hydrogen-bond donors (Lipinski definition) is 3. The summed E-state index contributed by atoms with van der Waals surface area (Å²) < 4.78 is 0. The van der Waals surface area contributed by atoms with Gasteiger partial charge in [-0.2, -0.15) is 0 Å². The Morgan fingerprint density at radius 3 is 2.25 bits per heavy atom. The van der Waals surface area contributed by atoms with Crippen molar-refractivity contribution in [3.63, 3.8) is 0 Å². The van der Waals surface area contributed by atoms with Crippen LogP contribution in [0.2, 0.25) is 0 Å². The lowest BCUT2D eigenvalue weighted by molar-refractivity contribution is -0.127. The summed E-state index contributed by atoms with van der Waals surface area (Å²) in [5, 5.41) is 0. The quantitative estimate of drug-likeness (QED) is 0.370. The first-order valence-corrected chi connectivity index (χ1v) is 3.46. The molecule has 0 aromatic carbocycles. The Kier molecular flexibility index (Phi) is 3.99. The van der Waals surface area contributed by atoms with E-state index in [0.717, 1.165) is 0 Å². The molecule has 0 aliphatic rings. The average Bonchev–Trinajstić information content (AvgIpc) is 1.98. The van der Waals surface area contributed by atoms with E-state index in [2.05, 4.69) is 17.4 Å². The fourth-order valence-electron chi connectivity index (χ4n) is 0.339. The molecule has 0 rings (SSSR count). The third-order valence-corrected chi connectivity index (χ3v) is 1.10. The Morgan fingerprint density at radius 2 is 1.92 bits per heavy atom. The molecule has 0 spiro atoms. The molecule has 5 heteroatoms. The van der Waals surface area contributed by atoms with Gasteiger partial charge in [0.05, 0.1) is 6.04 Å². The maximum absolute atomic E-state index is 10.8. The van der Waals surface area contributed by atoms with Gasteiger partial charge in [0, 0.05) is 5.57 Å². The Bertz CT molecular complexity index is 211. The van der Waals surface area contributed by atoms with Gasteiger partial charge in [0.25, 0.3) is 11.8 Å². The number of rotatable bonds is 2. The Balaban J connectivity index is 3.77. The molecule has 0 fully saturated rings. The minimum absolute atomic E-state index is 0.319. The van der Waals surface area contributed by atoms with E-state index < -0.39 is 17.9 Å². The first-order valence-electron chi connectivity index (χ1n) is 3.46. The highest BCUT2D eigenvalue weighted by Crippen LogP contribution is 1.83. The van der Waals surface area contributed by atoms with E-state index in [1.165, 1.54) is 13.8 Å². The first kappa shape index (κ1) is 10.6. The van der Waals surface area contributed by atoms with Crippen LogP contribution in [0.3, 0.4) is 0 Å². The van der Waals surface area contributed by atoms with Crippen molar-refractivity contribution in [1.82, 2.24) is 10.9 Å². The molecule has 0 saturated carbocycles. The van der Waals surface area contributed by atoms with Gasteiger partial charge in [-0.1, -0.05) is 6.58 Å². The second-order valence-electron chi connectivity index (χ2n) is 2.51. The zero-order valence-electron chi connectivity index (χ0n) is 7.18. The van der Waals surface area contributed by atoms with Crippen molar-refractivity contribution in [3.05, 3.63) is 12.2 Å². The molecule has 0 aliphatic carbocycles. The normalized spacial score (nSPS) is 11.6. The molecule has 0 aromatic rings. The fraction of sp³-hybridized carbons (Fsp3) is 0.429. The van der Waals surface area contributed by atoms with Crippen molar-refractivity contribution in [2.75, 3.05) is 0 Å². The van der Waals surface area contributed by atoms with Crippen LogP contribution in [0.15, 0.2) is 12.2 Å². The molecule has 68 valence electrons. The number of hydrazine groups is 1. The highest BCUT2D eigenvalue weighted by Gasteiger charge is 2.07. The van der Waals surface area contributed by atoms with Crippen molar-refractivity contribution in [2.24, 2.45) is 5.73 Å². The van der Waals surface area contributed by atoms with Gasteiger partial charge in [-0.15, -0.1) is 0 Å². The number of nitrogens with one attached hydrogen (secondary N) is 2. The summed E-state index contributed by atoms with van der Waals surface area (Å²) >= 11 is 0. The monoisotopic (exact) mass is 171 g/mol. The zero-order chi connectivity index (χ0) is 9.72. The van der Waals surface area contributed by atoms with Crippen LogP contribution in [0, 0.1) is 0 Å². The van der Waals surface area contributed by atoms with E-state index in [4.69, 9.17) is 5.73 Å². The van der Waals surface area contributed by atoms with Crippen LogP contribution in [-0.2, 0) is 9.59 Å². The fourth-order valence-corrected chi connectivity index (χ4v) is 0.339. The summed E-state index contributed by atoms with van der Waals surface area (Å²) in [6, 6.07) is -0.643. The van der Waals surface area contributed by atoms with Crippen LogP contribution in [0.5, 0.6) is 0 Å². The predicted molar refractivity (Wildman–Crippen MR) is 44.7 cm³/mol. The summed E-state index contributed by atoms with van der Waals surface area (Å²) in [7, 11) is 0. The van der Waals surface area contributed by atoms with Crippen molar-refractivity contribution in [3.8, 4) is 0 Å². The second kappa shape index (κ2) is 4.50. The molecule has 0 aromatic heterocycles. The molecule has 5 nitrogen and oxygen atoms in total. The molecule has 0 bridgehead atoms. The number of carbonyl (C=O) groups is 2. The molecule has 2 amide bonds. The molecular formula is C7H13N3O2. The van der Waals surface area contributed by atoms with Gasteiger partial charge < -0.3 is 5.73 Å². The van der Waals surface area contributed by atoms with Gasteiger partial charge in [-0.3, -0.25) is 20.4 Å². The van der Waals surface area contributed by atoms with Gasteiger partial charge in [-0.25, -0.2) is 0 Å². The minimum atomic E-state index is -0.643. The van der Waals surface area contributed by atoms with Crippen LogP contribution in [0.1, 0.15) is 13.8 Å². The summed E-state index contributed by atoms with van der Waals surface area (Å²) in [4.78, 5) is 21.6. The predicted octanol–water partition coefficient (Wildman–Crippen LogP) is -0.943. The summed E-state index contributed by atoms with van der Waals surface area (Å²) in [5.41, 5.74) is 9.82. The van der Waals surface area contributed by atoms with Gasteiger partial charge in [0.2, 0.25) is 0 Å². The highest BCUT2D eigenvalue weighted by molar-refractivity contribution is 5.94. The van der Waals surface area contributed by atoms with E-state index in [9.17, 15) is 9.59 Å². The molecule has 1 atom stereocenters. The van der Waals surface area contributed by atoms with Gasteiger partial charge in [-0.05, 0) is 13.8 Å². The molecule has 4 N–H and O–H groups in total. The van der Waals surface area contributed by atoms with Crippen molar-refractivity contribution in [2.45, 2.75) is 19.9 Å². The zero-order valence-corrected chi connectivity index (χ0v) is 7.18. The molecule has 1 unspecified atom stereocenters. The van der Waals surface area contributed by atoms with Crippen LogP contribution < -0.4 is 16.6 Å². The maximum atomic E-state index is 10.8. The van der Waals surface area contributed by atoms with Crippen molar-refractivity contribution >= 4 is 11.8 Å². The average molecular weight is 171 g/mol.